The van der Waals surface area contributed by atoms with E-state index in [0.717, 1.165) is 66.6 Å². The molecule has 4 nitrogen and oxygen atoms in total. The summed E-state index contributed by atoms with van der Waals surface area (Å²) >= 11 is 3.77. The molecule has 0 amide bonds. The fourth-order valence-electron chi connectivity index (χ4n) is 13.9. The highest BCUT2D eigenvalue weighted by Gasteiger charge is 2.48. The van der Waals surface area contributed by atoms with Gasteiger partial charge in [-0.2, -0.15) is 0 Å². The topological polar surface area (TPSA) is 32.8 Å². The van der Waals surface area contributed by atoms with E-state index >= 15 is 0 Å². The zero-order valence-electron chi connectivity index (χ0n) is 46.5. The van der Waals surface area contributed by atoms with Crippen LogP contribution in [0.3, 0.4) is 0 Å². The number of para-hydroxylation sites is 4. The van der Waals surface area contributed by atoms with Gasteiger partial charge in [0.15, 0.2) is 0 Å². The van der Waals surface area contributed by atoms with Gasteiger partial charge in [-0.1, -0.05) is 240 Å². The van der Waals surface area contributed by atoms with E-state index in [1.54, 1.807) is 0 Å². The lowest BCUT2D eigenvalue weighted by atomic mass is 9.31. The third-order valence-corrected chi connectivity index (χ3v) is 20.2. The van der Waals surface area contributed by atoms with E-state index in [-0.39, 0.29) is 24.3 Å². The van der Waals surface area contributed by atoms with Gasteiger partial charge in [-0.05, 0) is 110 Å². The minimum Gasteiger partial charge on any atom is -0.455 e. The van der Waals surface area contributed by atoms with Crippen molar-refractivity contribution in [2.45, 2.75) is 72.0 Å². The molecule has 0 atom stereocenters. The maximum absolute atomic E-state index is 7.02. The fraction of sp³-hybridized carbons (Fsp3) is 0.108. The summed E-state index contributed by atoms with van der Waals surface area (Å²) in [6.07, 6.45) is 0. The first-order valence-corrected chi connectivity index (χ1v) is 30.3. The molecule has 0 N–H and O–H groups in total. The van der Waals surface area contributed by atoms with Crippen LogP contribution in [0.5, 0.6) is 0 Å². The molecule has 0 fully saturated rings. The van der Waals surface area contributed by atoms with E-state index in [9.17, 15) is 0 Å². The van der Waals surface area contributed by atoms with Crippen LogP contribution in [0.1, 0.15) is 52.7 Å². The van der Waals surface area contributed by atoms with E-state index in [4.69, 9.17) is 8.83 Å². The predicted octanol–water partition coefficient (Wildman–Crippen LogP) is 16.9. The van der Waals surface area contributed by atoms with E-state index in [1.807, 2.05) is 23.5 Å². The van der Waals surface area contributed by atoms with Crippen LogP contribution in [0.15, 0.2) is 247 Å². The van der Waals surface area contributed by atoms with Gasteiger partial charge in [0.1, 0.15) is 22.3 Å². The molecule has 13 aromatic rings. The van der Waals surface area contributed by atoms with Crippen molar-refractivity contribution >= 4 is 148 Å². The molecule has 8 heteroatoms. The maximum atomic E-state index is 7.02. The Morgan fingerprint density at radius 2 is 0.744 bits per heavy atom. The molecule has 0 spiro atoms. The summed E-state index contributed by atoms with van der Waals surface area (Å²) in [7, 11) is 0. The number of anilines is 6. The maximum Gasteiger partial charge on any atom is 0.249 e. The second kappa shape index (κ2) is 17.5. The molecule has 4 aliphatic rings. The molecular formula is C74H54B2N2O2S2. The first-order valence-electron chi connectivity index (χ1n) is 28.6. The van der Waals surface area contributed by atoms with Gasteiger partial charge in [-0.25, -0.2) is 0 Å². The molecule has 11 aromatic carbocycles. The van der Waals surface area contributed by atoms with Crippen LogP contribution in [-0.2, 0) is 10.8 Å². The van der Waals surface area contributed by atoms with Gasteiger partial charge in [0.25, 0.3) is 0 Å². The Morgan fingerprint density at radius 3 is 1.18 bits per heavy atom. The lowest BCUT2D eigenvalue weighted by Crippen LogP contribution is -2.64. The SMILES string of the molecule is CC(C)(C)c1cc2c3c(c1)N(c1ccccc1-c1ccccc1)c1cc4c(cc1B3c1ccc3c(oc5ccccc53)c1S2)B1c2ccc3c(oc5ccccc53)c2Sc2cc(C(C)(C)C)cc(c21)N4c1ccccc1-c1ccccc1. The highest BCUT2D eigenvalue weighted by atomic mass is 32.2. The third-order valence-electron chi connectivity index (χ3n) is 17.9. The zero-order valence-corrected chi connectivity index (χ0v) is 48.1. The monoisotopic (exact) mass is 1090 g/mol. The van der Waals surface area contributed by atoms with Gasteiger partial charge in [0.05, 0.1) is 21.2 Å². The number of furan rings is 2. The molecule has 17 rings (SSSR count). The highest BCUT2D eigenvalue weighted by molar-refractivity contribution is 8.00. The van der Waals surface area contributed by atoms with Crippen molar-refractivity contribution in [2.24, 2.45) is 0 Å². The van der Waals surface area contributed by atoms with Crippen molar-refractivity contribution in [1.29, 1.82) is 0 Å². The zero-order chi connectivity index (χ0) is 54.9. The molecule has 0 bridgehead atoms. The number of benzene rings is 11. The van der Waals surface area contributed by atoms with Crippen molar-refractivity contribution < 1.29 is 8.83 Å². The van der Waals surface area contributed by atoms with Crippen LogP contribution in [0.4, 0.5) is 34.1 Å². The van der Waals surface area contributed by atoms with Crippen molar-refractivity contribution in [3.63, 3.8) is 0 Å². The Hall–Kier alpha value is -8.55. The predicted molar refractivity (Wildman–Crippen MR) is 349 cm³/mol. The molecule has 4 aliphatic heterocycles. The van der Waals surface area contributed by atoms with Crippen LogP contribution >= 0.6 is 23.5 Å². The minimum atomic E-state index is -0.157. The first-order chi connectivity index (χ1) is 39.9. The highest BCUT2D eigenvalue weighted by Crippen LogP contribution is 2.53. The van der Waals surface area contributed by atoms with E-state index < -0.39 is 0 Å². The average molecular weight is 1090 g/mol. The smallest absolute Gasteiger partial charge is 0.249 e. The summed E-state index contributed by atoms with van der Waals surface area (Å²) < 4.78 is 14.0. The Balaban J connectivity index is 1.04. The van der Waals surface area contributed by atoms with E-state index in [2.05, 4.69) is 270 Å². The number of hydrogen-bond acceptors (Lipinski definition) is 6. The summed E-state index contributed by atoms with van der Waals surface area (Å²) in [6, 6.07) is 81.9. The number of rotatable bonds is 4. The Kier molecular flexibility index (Phi) is 10.3. The second-order valence-electron chi connectivity index (χ2n) is 24.7. The normalized spacial score (nSPS) is 14.0. The van der Waals surface area contributed by atoms with Crippen molar-refractivity contribution in [2.75, 3.05) is 9.80 Å². The van der Waals surface area contributed by atoms with Crippen LogP contribution < -0.4 is 42.6 Å². The lowest BCUT2D eigenvalue weighted by molar-refractivity contribution is 0.589. The minimum absolute atomic E-state index is 0.127. The molecule has 0 saturated carbocycles. The average Bonchev–Trinajstić information content (AvgIpc) is 2.96. The molecule has 82 heavy (non-hydrogen) atoms. The summed E-state index contributed by atoms with van der Waals surface area (Å²) in [5, 5.41) is 4.59. The van der Waals surface area contributed by atoms with E-state index in [0.29, 0.717) is 0 Å². The van der Waals surface area contributed by atoms with E-state index in [1.165, 1.54) is 97.1 Å². The summed E-state index contributed by atoms with van der Waals surface area (Å²) in [5.41, 5.74) is 25.5. The second-order valence-corrected chi connectivity index (χ2v) is 26.8. The quantitative estimate of drug-likeness (QED) is 0.163. The van der Waals surface area contributed by atoms with Crippen molar-refractivity contribution in [3.05, 3.63) is 230 Å². The number of fused-ring (bicyclic) bond motifs is 16. The van der Waals surface area contributed by atoms with Crippen molar-refractivity contribution in [1.82, 2.24) is 0 Å². The van der Waals surface area contributed by atoms with Crippen LogP contribution in [-0.4, -0.2) is 13.4 Å². The first kappa shape index (κ1) is 48.2. The Labute approximate surface area is 487 Å². The van der Waals surface area contributed by atoms with Gasteiger partial charge < -0.3 is 18.6 Å². The Bertz CT molecular complexity index is 4570. The van der Waals surface area contributed by atoms with Gasteiger partial charge in [0.2, 0.25) is 13.4 Å². The Morgan fingerprint density at radius 1 is 0.341 bits per heavy atom. The molecule has 0 radical (unpaired) electrons. The third kappa shape index (κ3) is 6.98. The van der Waals surface area contributed by atoms with Crippen LogP contribution in [0.2, 0.25) is 0 Å². The summed E-state index contributed by atoms with van der Waals surface area (Å²) in [6.45, 7) is 13.9. The summed E-state index contributed by atoms with van der Waals surface area (Å²) in [4.78, 5) is 10.2. The number of hydrogen-bond donors (Lipinski definition) is 0. The van der Waals surface area contributed by atoms with Gasteiger partial charge in [0, 0.05) is 65.2 Å². The molecule has 0 unspecified atom stereocenters. The fourth-order valence-corrected chi connectivity index (χ4v) is 16.5. The molecule has 2 aromatic heterocycles. The standard InChI is InChI=1S/C74H54B2N2O2S2/c1-73(2,3)45-37-61-67-65(39-45)81-71-53(35-33-51-49-27-15-19-31-63(49)79-69(51)71)75(67)55-41-56-60(42-59(55)77(61)57-29-17-13-25-47(57)43-21-9-7-10-22-43)78(58-30-18-14-26-48(58)44-23-11-8-12-24-44)62-38-46(74(4,5)6)40-66-68(62)76(56)54-36-34-52-50-28-16-20-32-64(50)80-70(52)72(54)82-66/h7-42H,1-6H3. The van der Waals surface area contributed by atoms with Gasteiger partial charge in [-0.15, -0.1) is 0 Å². The summed E-state index contributed by atoms with van der Waals surface area (Å²) in [5.74, 6) is 0. The van der Waals surface area contributed by atoms with Gasteiger partial charge in [-0.3, -0.25) is 0 Å². The molecular weight excluding hydrogens is 1030 g/mol. The van der Waals surface area contributed by atoms with Crippen LogP contribution in [0.25, 0.3) is 66.1 Å². The molecule has 390 valence electrons. The van der Waals surface area contributed by atoms with Crippen LogP contribution in [0, 0.1) is 0 Å². The van der Waals surface area contributed by atoms with Crippen molar-refractivity contribution in [3.8, 4) is 22.3 Å². The van der Waals surface area contributed by atoms with Gasteiger partial charge >= 0.3 is 0 Å². The lowest BCUT2D eigenvalue weighted by Gasteiger charge is -2.45. The largest absolute Gasteiger partial charge is 0.455 e. The molecule has 0 aliphatic carbocycles. The number of nitrogens with zero attached hydrogens (tertiary/aromatic N) is 2. The molecule has 6 heterocycles. The molecule has 0 saturated heterocycles.